The van der Waals surface area contributed by atoms with Crippen LogP contribution in [0.25, 0.3) is 21.9 Å². The lowest BCUT2D eigenvalue weighted by Crippen LogP contribution is -2.48. The Labute approximate surface area is 194 Å². The molecule has 0 spiro atoms. The van der Waals surface area contributed by atoms with Crippen LogP contribution >= 0.6 is 7.82 Å². The quantitative estimate of drug-likeness (QED) is 0.206. The molecule has 0 fully saturated rings. The summed E-state index contributed by atoms with van der Waals surface area (Å²) in [6.45, 7) is -1.03. The summed E-state index contributed by atoms with van der Waals surface area (Å²) in [6, 6.07) is 19.4. The van der Waals surface area contributed by atoms with Crippen molar-refractivity contribution in [1.29, 1.82) is 0 Å². The molecule has 9 nitrogen and oxygen atoms in total. The van der Waals surface area contributed by atoms with Gasteiger partial charge in [0.2, 0.25) is 5.43 Å². The molecule has 4 rings (SSSR count). The lowest BCUT2D eigenvalue weighted by atomic mass is 9.93. The number of phosphoric ester groups is 1. The van der Waals surface area contributed by atoms with E-state index >= 15 is 0 Å². The SMILES string of the molecule is NC(CO)(CCc1ccc2c(=O)c3cc(Oc4ccccc4)ccc3oc2c1)COP(=O)(O)O. The van der Waals surface area contributed by atoms with Crippen molar-refractivity contribution in [3.8, 4) is 11.5 Å². The summed E-state index contributed by atoms with van der Waals surface area (Å²) in [4.78, 5) is 30.9. The minimum Gasteiger partial charge on any atom is -0.457 e. The van der Waals surface area contributed by atoms with Crippen LogP contribution in [-0.4, -0.2) is 33.6 Å². The van der Waals surface area contributed by atoms with Crippen molar-refractivity contribution in [2.24, 2.45) is 5.73 Å². The van der Waals surface area contributed by atoms with E-state index in [9.17, 15) is 14.5 Å². The maximum Gasteiger partial charge on any atom is 0.469 e. The first-order valence-electron chi connectivity index (χ1n) is 10.5. The number of rotatable bonds is 9. The summed E-state index contributed by atoms with van der Waals surface area (Å²) in [5.74, 6) is 1.17. The number of hydrogen-bond donors (Lipinski definition) is 4. The Kier molecular flexibility index (Phi) is 6.86. The number of para-hydroxylation sites is 1. The standard InChI is InChI=1S/C24H24NO8P/c25-24(14-26,15-31-34(28,29)30)11-10-16-6-8-19-22(12-16)33-21-9-7-18(13-20(21)23(19)27)32-17-4-2-1-3-5-17/h1-9,12-13,26H,10-11,14-15,25H2,(H2,28,29,30). The van der Waals surface area contributed by atoms with E-state index in [0.717, 1.165) is 5.56 Å². The molecule has 34 heavy (non-hydrogen) atoms. The summed E-state index contributed by atoms with van der Waals surface area (Å²) in [6.07, 6.45) is 0.552. The number of benzene rings is 3. The Bertz CT molecular complexity index is 1420. The number of nitrogens with two attached hydrogens (primary N) is 1. The zero-order chi connectivity index (χ0) is 24.3. The van der Waals surface area contributed by atoms with Gasteiger partial charge >= 0.3 is 7.82 Å². The number of aliphatic hydroxyl groups excluding tert-OH is 1. The minimum absolute atomic E-state index is 0.188. The molecule has 0 bridgehead atoms. The number of aliphatic hydroxyl groups is 1. The molecule has 10 heteroatoms. The van der Waals surface area contributed by atoms with Gasteiger partial charge in [0.15, 0.2) is 0 Å². The van der Waals surface area contributed by atoms with Crippen LogP contribution in [-0.2, 0) is 15.5 Å². The van der Waals surface area contributed by atoms with Crippen LogP contribution in [0.2, 0.25) is 0 Å². The Morgan fingerprint density at radius 1 is 0.941 bits per heavy atom. The third-order valence-corrected chi connectivity index (χ3v) is 5.90. The van der Waals surface area contributed by atoms with E-state index in [1.807, 2.05) is 30.3 Å². The number of fused-ring (bicyclic) bond motifs is 2. The van der Waals surface area contributed by atoms with Gasteiger partial charge in [0.1, 0.15) is 22.7 Å². The summed E-state index contributed by atoms with van der Waals surface area (Å²) in [5.41, 5.74) is 6.08. The lowest BCUT2D eigenvalue weighted by molar-refractivity contribution is 0.102. The van der Waals surface area contributed by atoms with Gasteiger partial charge in [-0.2, -0.15) is 0 Å². The monoisotopic (exact) mass is 485 g/mol. The molecule has 4 aromatic rings. The first-order valence-corrected chi connectivity index (χ1v) is 12.0. The van der Waals surface area contributed by atoms with Gasteiger partial charge < -0.3 is 29.8 Å². The zero-order valence-corrected chi connectivity index (χ0v) is 19.0. The molecule has 5 N–H and O–H groups in total. The van der Waals surface area contributed by atoms with Crippen molar-refractivity contribution in [3.63, 3.8) is 0 Å². The number of hydrogen-bond acceptors (Lipinski definition) is 7. The zero-order valence-electron chi connectivity index (χ0n) is 18.1. The largest absolute Gasteiger partial charge is 0.469 e. The first-order chi connectivity index (χ1) is 16.2. The van der Waals surface area contributed by atoms with Gasteiger partial charge in [0, 0.05) is 0 Å². The van der Waals surface area contributed by atoms with E-state index in [0.29, 0.717) is 39.9 Å². The summed E-state index contributed by atoms with van der Waals surface area (Å²) in [7, 11) is -4.71. The highest BCUT2D eigenvalue weighted by Gasteiger charge is 2.28. The molecule has 0 saturated heterocycles. The van der Waals surface area contributed by atoms with Gasteiger partial charge in [-0.25, -0.2) is 4.57 Å². The van der Waals surface area contributed by atoms with Crippen LogP contribution in [0.3, 0.4) is 0 Å². The van der Waals surface area contributed by atoms with E-state index in [1.54, 1.807) is 36.4 Å². The average Bonchev–Trinajstić information content (AvgIpc) is 2.82. The van der Waals surface area contributed by atoms with Gasteiger partial charge in [-0.1, -0.05) is 24.3 Å². The van der Waals surface area contributed by atoms with Crippen molar-refractivity contribution in [3.05, 3.63) is 82.5 Å². The molecular formula is C24H24NO8P. The molecular weight excluding hydrogens is 461 g/mol. The minimum atomic E-state index is -4.71. The fraction of sp³-hybridized carbons (Fsp3) is 0.208. The Morgan fingerprint density at radius 3 is 2.41 bits per heavy atom. The maximum atomic E-state index is 13.1. The van der Waals surface area contributed by atoms with Gasteiger partial charge in [0.25, 0.3) is 0 Å². The van der Waals surface area contributed by atoms with Crippen molar-refractivity contribution in [2.75, 3.05) is 13.2 Å². The third-order valence-electron chi connectivity index (χ3n) is 5.43. The number of aryl methyl sites for hydroxylation is 1. The average molecular weight is 485 g/mol. The van der Waals surface area contributed by atoms with Crippen LogP contribution in [0, 0.1) is 0 Å². The highest BCUT2D eigenvalue weighted by atomic mass is 31.2. The second-order valence-electron chi connectivity index (χ2n) is 8.12. The highest BCUT2D eigenvalue weighted by Crippen LogP contribution is 2.37. The van der Waals surface area contributed by atoms with Crippen molar-refractivity contribution < 1.29 is 33.1 Å². The Morgan fingerprint density at radius 2 is 1.71 bits per heavy atom. The fourth-order valence-corrected chi connectivity index (χ4v) is 3.95. The van der Waals surface area contributed by atoms with Gasteiger partial charge in [-0.15, -0.1) is 0 Å². The van der Waals surface area contributed by atoms with Crippen molar-refractivity contribution in [2.45, 2.75) is 18.4 Å². The van der Waals surface area contributed by atoms with Crippen LogP contribution in [0.5, 0.6) is 11.5 Å². The van der Waals surface area contributed by atoms with Gasteiger partial charge in [-0.05, 0) is 60.9 Å². The van der Waals surface area contributed by atoms with Gasteiger partial charge in [-0.3, -0.25) is 9.32 Å². The molecule has 0 saturated carbocycles. The molecule has 1 aromatic heterocycles. The molecule has 1 heterocycles. The molecule has 0 radical (unpaired) electrons. The summed E-state index contributed by atoms with van der Waals surface area (Å²) >= 11 is 0. The van der Waals surface area contributed by atoms with E-state index in [1.165, 1.54) is 0 Å². The molecule has 178 valence electrons. The van der Waals surface area contributed by atoms with E-state index in [2.05, 4.69) is 4.52 Å². The normalized spacial score (nSPS) is 13.8. The Balaban J connectivity index is 1.57. The molecule has 0 aliphatic heterocycles. The third kappa shape index (κ3) is 5.71. The van der Waals surface area contributed by atoms with E-state index in [-0.39, 0.29) is 11.8 Å². The molecule has 1 unspecified atom stereocenters. The van der Waals surface area contributed by atoms with Crippen LogP contribution in [0.15, 0.2) is 75.9 Å². The second-order valence-corrected chi connectivity index (χ2v) is 9.36. The molecule has 0 aliphatic carbocycles. The van der Waals surface area contributed by atoms with E-state index < -0.39 is 26.6 Å². The number of phosphoric acid groups is 1. The molecule has 1 atom stereocenters. The van der Waals surface area contributed by atoms with Crippen LogP contribution < -0.4 is 15.9 Å². The maximum absolute atomic E-state index is 13.1. The van der Waals surface area contributed by atoms with E-state index in [4.69, 9.17) is 24.7 Å². The lowest BCUT2D eigenvalue weighted by Gasteiger charge is -2.27. The van der Waals surface area contributed by atoms with Crippen LogP contribution in [0.1, 0.15) is 12.0 Å². The number of ether oxygens (including phenoxy) is 1. The predicted octanol–water partition coefficient (Wildman–Crippen LogP) is 3.47. The molecule has 0 aliphatic rings. The summed E-state index contributed by atoms with van der Waals surface area (Å²) in [5, 5.41) is 10.4. The van der Waals surface area contributed by atoms with Crippen molar-refractivity contribution in [1.82, 2.24) is 0 Å². The topological polar surface area (TPSA) is 152 Å². The summed E-state index contributed by atoms with van der Waals surface area (Å²) < 4.78 is 27.2. The highest BCUT2D eigenvalue weighted by molar-refractivity contribution is 7.46. The molecule has 0 amide bonds. The smallest absolute Gasteiger partial charge is 0.457 e. The van der Waals surface area contributed by atoms with Crippen LogP contribution in [0.4, 0.5) is 0 Å². The first kappa shape index (κ1) is 24.1. The predicted molar refractivity (Wildman–Crippen MR) is 127 cm³/mol. The second kappa shape index (κ2) is 9.68. The Hall–Kier alpha value is -3.04. The van der Waals surface area contributed by atoms with Crippen molar-refractivity contribution >= 4 is 29.8 Å². The van der Waals surface area contributed by atoms with Gasteiger partial charge in [0.05, 0.1) is 29.5 Å². The molecule has 3 aromatic carbocycles. The fourth-order valence-electron chi connectivity index (χ4n) is 3.52.